The maximum atomic E-state index is 14.9. The monoisotopic (exact) mass is 1000 g/mol. The molecule has 0 fully saturated rings. The molecule has 0 N–H and O–H groups in total. The van der Waals surface area contributed by atoms with Crippen molar-refractivity contribution in [3.63, 3.8) is 0 Å². The first-order valence-corrected chi connectivity index (χ1v) is 25.6. The summed E-state index contributed by atoms with van der Waals surface area (Å²) < 4.78 is 24.5. The van der Waals surface area contributed by atoms with Crippen LogP contribution in [0.15, 0.2) is 146 Å². The lowest BCUT2D eigenvalue weighted by molar-refractivity contribution is -0.186. The molecule has 14 heteroatoms. The summed E-state index contributed by atoms with van der Waals surface area (Å²) in [6, 6.07) is 34.9. The van der Waals surface area contributed by atoms with Gasteiger partial charge in [-0.3, -0.25) is 9.59 Å². The maximum absolute atomic E-state index is 14.9. The Kier molecular flexibility index (Phi) is 19.7. The molecule has 1 aromatic heterocycles. The number of aromatic nitrogens is 1. The Bertz CT molecular complexity index is 2770. The van der Waals surface area contributed by atoms with Gasteiger partial charge in [0.1, 0.15) is 55.4 Å². The van der Waals surface area contributed by atoms with Gasteiger partial charge in [0.25, 0.3) is 0 Å². The van der Waals surface area contributed by atoms with Crippen LogP contribution in [0.25, 0.3) is 0 Å². The first-order valence-electron chi connectivity index (χ1n) is 25.6. The molecule has 1 heterocycles. The lowest BCUT2D eigenvalue weighted by atomic mass is 9.45. The fourth-order valence-electron chi connectivity index (χ4n) is 9.55. The molecule has 0 aliphatic rings. The largest absolute Gasteiger partial charge is 0.490 e. The smallest absolute Gasteiger partial charge is 0.312 e. The van der Waals surface area contributed by atoms with Crippen molar-refractivity contribution in [1.29, 1.82) is 5.26 Å². The second kappa shape index (κ2) is 25.2. The summed E-state index contributed by atoms with van der Waals surface area (Å²) in [4.78, 5) is 33.4. The van der Waals surface area contributed by atoms with Crippen LogP contribution in [0.1, 0.15) is 126 Å². The van der Waals surface area contributed by atoms with Gasteiger partial charge in [0, 0.05) is 0 Å². The van der Waals surface area contributed by atoms with Crippen LogP contribution in [0, 0.1) is 50.7 Å². The highest BCUT2D eigenvalue weighted by Gasteiger charge is 2.62. The molecule has 3 unspecified atom stereocenters. The van der Waals surface area contributed by atoms with Gasteiger partial charge in [-0.05, 0) is 165 Å². The summed E-state index contributed by atoms with van der Waals surface area (Å²) in [6.07, 6.45) is 4.78. The third-order valence-electron chi connectivity index (χ3n) is 15.7. The Balaban J connectivity index is 1.22. The average molecular weight is 1010 g/mol. The van der Waals surface area contributed by atoms with Crippen LogP contribution >= 0.6 is 0 Å². The number of esters is 2. The van der Waals surface area contributed by atoms with E-state index >= 15 is 0 Å². The number of carbonyl (C=O) groups excluding carboxylic acids is 2. The Hall–Kier alpha value is -7.14. The number of pyridine rings is 1. The van der Waals surface area contributed by atoms with Crippen molar-refractivity contribution in [3.05, 3.63) is 127 Å². The van der Waals surface area contributed by atoms with Crippen LogP contribution in [-0.2, 0) is 19.1 Å². The summed E-state index contributed by atoms with van der Waals surface area (Å²) in [6.45, 7) is 28.1. The number of ether oxygens (including phenoxy) is 4. The fourth-order valence-corrected chi connectivity index (χ4v) is 9.55. The van der Waals surface area contributed by atoms with E-state index in [0.717, 1.165) is 24.1 Å². The molecule has 0 saturated heterocycles. The molecular formula is C60H76N8O6. The number of nitriles is 1. The zero-order chi connectivity index (χ0) is 54.2. The van der Waals surface area contributed by atoms with Gasteiger partial charge in [-0.25, -0.2) is 4.98 Å². The Morgan fingerprint density at radius 2 is 1.01 bits per heavy atom. The number of hydrogen-bond donors (Lipinski definition) is 0. The minimum absolute atomic E-state index is 0.0544. The number of carbonyl (C=O) groups is 2. The second-order valence-electron chi connectivity index (χ2n) is 21.7. The highest BCUT2D eigenvalue weighted by Crippen LogP contribution is 2.63. The highest BCUT2D eigenvalue weighted by molar-refractivity contribution is 5.79. The van der Waals surface area contributed by atoms with Crippen molar-refractivity contribution < 1.29 is 28.5 Å². The summed E-state index contributed by atoms with van der Waals surface area (Å²) in [5, 5.41) is 34.8. The molecule has 5 aromatic rings. The molecule has 0 spiro atoms. The van der Waals surface area contributed by atoms with E-state index in [1.807, 2.05) is 92.7 Å². The normalized spacial score (nSPS) is 14.8. The Morgan fingerprint density at radius 3 is 1.51 bits per heavy atom. The first kappa shape index (κ1) is 57.8. The first-order chi connectivity index (χ1) is 35.0. The van der Waals surface area contributed by atoms with E-state index in [4.69, 9.17) is 24.2 Å². The lowest BCUT2D eigenvalue weighted by Crippen LogP contribution is -2.57. The average Bonchev–Trinajstić information content (AvgIpc) is 3.39. The molecule has 14 nitrogen and oxygen atoms in total. The predicted octanol–water partition coefficient (Wildman–Crippen LogP) is 17.2. The minimum atomic E-state index is -0.952. The van der Waals surface area contributed by atoms with E-state index in [2.05, 4.69) is 112 Å². The molecule has 0 radical (unpaired) electrons. The zero-order valence-electron chi connectivity index (χ0n) is 45.9. The summed E-state index contributed by atoms with van der Waals surface area (Å²) in [5.41, 5.74) is 1.41. The van der Waals surface area contributed by atoms with Crippen molar-refractivity contribution in [1.82, 2.24) is 4.98 Å². The SMILES string of the molecule is CCC(C)(C)CC(C)(C(=O)OCCOc1ccc(N=Nc2ccc(N=Nc3ccccc3)cc2)cc1C)C(C)(CC)C(C)(C)CC(C)(C(=O)OCCOc1ccc(N=Nc2ccc(C#N)nc2)cc1)C(C)(C)CC. The van der Waals surface area contributed by atoms with Gasteiger partial charge < -0.3 is 18.9 Å². The number of nitrogens with zero attached hydrogens (tertiary/aromatic N) is 8. The van der Waals surface area contributed by atoms with Gasteiger partial charge >= 0.3 is 11.9 Å². The van der Waals surface area contributed by atoms with Crippen LogP contribution in [0.2, 0.25) is 0 Å². The molecule has 74 heavy (non-hydrogen) atoms. The Labute approximate surface area is 439 Å². The van der Waals surface area contributed by atoms with E-state index in [9.17, 15) is 9.59 Å². The number of azo groups is 3. The van der Waals surface area contributed by atoms with Crippen LogP contribution in [-0.4, -0.2) is 43.4 Å². The number of benzene rings is 4. The topological polar surface area (TPSA) is 182 Å². The van der Waals surface area contributed by atoms with Crippen LogP contribution < -0.4 is 9.47 Å². The predicted molar refractivity (Wildman–Crippen MR) is 291 cm³/mol. The molecule has 4 aromatic carbocycles. The zero-order valence-corrected chi connectivity index (χ0v) is 45.9. The van der Waals surface area contributed by atoms with Crippen LogP contribution in [0.5, 0.6) is 11.5 Å². The van der Waals surface area contributed by atoms with E-state index in [-0.39, 0.29) is 43.8 Å². The van der Waals surface area contributed by atoms with Gasteiger partial charge in [0.15, 0.2) is 0 Å². The summed E-state index contributed by atoms with van der Waals surface area (Å²) >= 11 is 0. The molecule has 5 rings (SSSR count). The van der Waals surface area contributed by atoms with Crippen molar-refractivity contribution in [2.24, 2.45) is 63.2 Å². The molecule has 392 valence electrons. The van der Waals surface area contributed by atoms with Crippen LogP contribution in [0.4, 0.5) is 34.1 Å². The lowest BCUT2D eigenvalue weighted by Gasteiger charge is -2.58. The third-order valence-corrected chi connectivity index (χ3v) is 15.7. The van der Waals surface area contributed by atoms with Crippen molar-refractivity contribution in [3.8, 4) is 17.6 Å². The van der Waals surface area contributed by atoms with Crippen molar-refractivity contribution in [2.45, 2.75) is 122 Å². The minimum Gasteiger partial charge on any atom is -0.490 e. The summed E-state index contributed by atoms with van der Waals surface area (Å²) in [7, 11) is 0. The molecule has 0 saturated carbocycles. The quantitative estimate of drug-likeness (QED) is 0.0298. The molecular weight excluding hydrogens is 929 g/mol. The van der Waals surface area contributed by atoms with Gasteiger partial charge in [-0.1, -0.05) is 93.9 Å². The molecule has 3 atom stereocenters. The summed E-state index contributed by atoms with van der Waals surface area (Å²) in [5.74, 6) is 0.668. The van der Waals surface area contributed by atoms with E-state index < -0.39 is 27.1 Å². The molecule has 0 amide bonds. The van der Waals surface area contributed by atoms with Gasteiger partial charge in [-0.15, -0.1) is 5.11 Å². The molecule has 0 aliphatic carbocycles. The maximum Gasteiger partial charge on any atom is 0.312 e. The van der Waals surface area contributed by atoms with Gasteiger partial charge in [0.2, 0.25) is 0 Å². The molecule has 0 aliphatic heterocycles. The third kappa shape index (κ3) is 14.5. The van der Waals surface area contributed by atoms with Crippen molar-refractivity contribution >= 4 is 46.1 Å². The Morgan fingerprint density at radius 1 is 0.527 bits per heavy atom. The van der Waals surface area contributed by atoms with Gasteiger partial charge in [-0.2, -0.15) is 30.8 Å². The van der Waals surface area contributed by atoms with Crippen molar-refractivity contribution in [2.75, 3.05) is 26.4 Å². The number of aryl methyl sites for hydroxylation is 1. The second-order valence-corrected chi connectivity index (χ2v) is 21.7. The molecule has 0 bridgehead atoms. The number of hydrogen-bond acceptors (Lipinski definition) is 14. The van der Waals surface area contributed by atoms with Gasteiger partial charge in [0.05, 0.1) is 45.5 Å². The van der Waals surface area contributed by atoms with E-state index in [1.165, 1.54) is 6.20 Å². The highest BCUT2D eigenvalue weighted by atomic mass is 16.6. The van der Waals surface area contributed by atoms with E-state index in [0.29, 0.717) is 64.9 Å². The number of rotatable bonds is 26. The fraction of sp³-hybridized carbons (Fsp3) is 0.467. The standard InChI is InChI=1S/C60H76N8O6/c1-14-55(5,6)41-59(12,54(70)74-37-35-72-52-33-30-48(38-43(52)4)67-65-46-24-22-45(23-25-46)64-63-44-20-18-17-19-21-44)60(13,16-3)57(9,10)42-58(11,56(7,8)15-2)53(69)73-36-34-71-51-31-28-47(29-32-51)66-68-50-27-26-49(39-61)62-40-50/h17-33,38,40H,14-16,34-37,41-42H2,1-13H3. The van der Waals surface area contributed by atoms with E-state index in [1.54, 1.807) is 36.4 Å². The van der Waals surface area contributed by atoms with Crippen LogP contribution in [0.3, 0.4) is 0 Å².